The predicted octanol–water partition coefficient (Wildman–Crippen LogP) is 0.341. The summed E-state index contributed by atoms with van der Waals surface area (Å²) in [5, 5.41) is 2.98. The number of ether oxygens (including phenoxy) is 1. The topological polar surface area (TPSA) is 84.6 Å². The van der Waals surface area contributed by atoms with Crippen LogP contribution in [0.25, 0.3) is 0 Å². The maximum Gasteiger partial charge on any atom is 0.213 e. The van der Waals surface area contributed by atoms with Crippen molar-refractivity contribution in [1.82, 2.24) is 10.4 Å². The first-order chi connectivity index (χ1) is 7.30. The third kappa shape index (κ3) is 3.43. The van der Waals surface area contributed by atoms with Crippen molar-refractivity contribution in [1.29, 1.82) is 0 Å². The van der Waals surface area contributed by atoms with E-state index in [2.05, 4.69) is 20.7 Å². The van der Waals surface area contributed by atoms with Crippen molar-refractivity contribution < 1.29 is 4.74 Å². The molecule has 0 saturated heterocycles. The summed E-state index contributed by atoms with van der Waals surface area (Å²) in [6, 6.07) is 3.58. The Morgan fingerprint density at radius 3 is 2.87 bits per heavy atom. The van der Waals surface area contributed by atoms with E-state index in [-0.39, 0.29) is 0 Å². The zero-order valence-corrected chi connectivity index (χ0v) is 8.82. The number of anilines is 1. The van der Waals surface area contributed by atoms with Crippen LogP contribution in [0.1, 0.15) is 6.92 Å². The lowest BCUT2D eigenvalue weighted by Crippen LogP contribution is -2.36. The molecule has 1 aromatic rings. The van der Waals surface area contributed by atoms with Gasteiger partial charge in [-0.15, -0.1) is 0 Å². The van der Waals surface area contributed by atoms with E-state index < -0.39 is 0 Å². The van der Waals surface area contributed by atoms with Gasteiger partial charge in [-0.05, 0) is 13.0 Å². The van der Waals surface area contributed by atoms with Gasteiger partial charge in [-0.2, -0.15) is 0 Å². The molecule has 6 nitrogen and oxygen atoms in total. The molecule has 0 amide bonds. The number of pyridine rings is 1. The fraction of sp³-hybridized carbons (Fsp3) is 0.333. The van der Waals surface area contributed by atoms with Gasteiger partial charge in [0.2, 0.25) is 11.8 Å². The predicted molar refractivity (Wildman–Crippen MR) is 59.7 cm³/mol. The average Bonchev–Trinajstić information content (AvgIpc) is 2.29. The number of methoxy groups -OCH3 is 1. The monoisotopic (exact) mass is 209 g/mol. The average molecular weight is 209 g/mol. The van der Waals surface area contributed by atoms with Crippen molar-refractivity contribution in [3.63, 3.8) is 0 Å². The maximum atomic E-state index is 5.27. The van der Waals surface area contributed by atoms with E-state index in [1.165, 1.54) is 0 Å². The Morgan fingerprint density at radius 2 is 2.40 bits per heavy atom. The first-order valence-electron chi connectivity index (χ1n) is 4.58. The lowest BCUT2D eigenvalue weighted by Gasteiger charge is -2.08. The van der Waals surface area contributed by atoms with Crippen molar-refractivity contribution in [3.05, 3.63) is 18.3 Å². The maximum absolute atomic E-state index is 5.27. The number of hydrazine groups is 1. The van der Waals surface area contributed by atoms with E-state index in [4.69, 9.17) is 10.6 Å². The minimum atomic E-state index is 0.504. The quantitative estimate of drug-likeness (QED) is 0.289. The number of aliphatic imine (C=N–C) groups is 1. The van der Waals surface area contributed by atoms with Gasteiger partial charge in [0.25, 0.3) is 0 Å². The molecule has 0 aliphatic heterocycles. The summed E-state index contributed by atoms with van der Waals surface area (Å²) in [6.45, 7) is 2.57. The molecule has 6 heteroatoms. The fourth-order valence-electron chi connectivity index (χ4n) is 0.991. The highest BCUT2D eigenvalue weighted by Crippen LogP contribution is 2.10. The summed E-state index contributed by atoms with van der Waals surface area (Å²) in [5.41, 5.74) is 3.25. The largest absolute Gasteiger partial charge is 0.481 e. The van der Waals surface area contributed by atoms with Gasteiger partial charge in [-0.25, -0.2) is 10.8 Å². The molecule has 0 spiro atoms. The molecule has 0 aliphatic rings. The molecule has 0 atom stereocenters. The number of nitrogens with one attached hydrogen (secondary N) is 2. The summed E-state index contributed by atoms with van der Waals surface area (Å²) in [7, 11) is 1.57. The molecule has 0 saturated carbocycles. The first-order valence-corrected chi connectivity index (χ1v) is 4.58. The van der Waals surface area contributed by atoms with E-state index in [9.17, 15) is 0 Å². The zero-order valence-electron chi connectivity index (χ0n) is 8.82. The summed E-state index contributed by atoms with van der Waals surface area (Å²) < 4.78 is 4.94. The van der Waals surface area contributed by atoms with Crippen molar-refractivity contribution in [2.24, 2.45) is 10.8 Å². The van der Waals surface area contributed by atoms with Crippen molar-refractivity contribution in [2.75, 3.05) is 19.0 Å². The highest BCUT2D eigenvalue weighted by Gasteiger charge is 1.98. The Kier molecular flexibility index (Phi) is 4.36. The van der Waals surface area contributed by atoms with Crippen molar-refractivity contribution >= 4 is 11.6 Å². The Labute approximate surface area is 88.5 Å². The second-order valence-electron chi connectivity index (χ2n) is 2.68. The van der Waals surface area contributed by atoms with Crippen LogP contribution >= 0.6 is 0 Å². The molecule has 1 heterocycles. The highest BCUT2D eigenvalue weighted by molar-refractivity contribution is 5.92. The van der Waals surface area contributed by atoms with Crippen LogP contribution < -0.4 is 21.3 Å². The lowest BCUT2D eigenvalue weighted by atomic mass is 10.4. The smallest absolute Gasteiger partial charge is 0.213 e. The van der Waals surface area contributed by atoms with Crippen molar-refractivity contribution in [2.45, 2.75) is 6.92 Å². The van der Waals surface area contributed by atoms with Crippen LogP contribution in [-0.2, 0) is 0 Å². The molecule has 82 valence electrons. The third-order valence-corrected chi connectivity index (χ3v) is 1.66. The van der Waals surface area contributed by atoms with Gasteiger partial charge in [0, 0.05) is 12.6 Å². The molecule has 1 aromatic heterocycles. The SMILES string of the molecule is CCN=C(NN)Nc1ccc(OC)nc1. The third-order valence-electron chi connectivity index (χ3n) is 1.66. The van der Waals surface area contributed by atoms with Gasteiger partial charge < -0.3 is 10.1 Å². The zero-order chi connectivity index (χ0) is 11.1. The van der Waals surface area contributed by atoms with E-state index in [0.717, 1.165) is 5.69 Å². The minimum absolute atomic E-state index is 0.504. The number of hydrogen-bond acceptors (Lipinski definition) is 4. The molecule has 0 radical (unpaired) electrons. The molecule has 4 N–H and O–H groups in total. The summed E-state index contributed by atoms with van der Waals surface area (Å²) >= 11 is 0. The molecule has 0 aliphatic carbocycles. The number of guanidine groups is 1. The van der Waals surface area contributed by atoms with Crippen LogP contribution in [0.2, 0.25) is 0 Å². The van der Waals surface area contributed by atoms with Crippen LogP contribution in [-0.4, -0.2) is 24.6 Å². The van der Waals surface area contributed by atoms with E-state index in [1.807, 2.05) is 13.0 Å². The van der Waals surface area contributed by atoms with E-state index in [1.54, 1.807) is 19.4 Å². The second-order valence-corrected chi connectivity index (χ2v) is 2.68. The number of aromatic nitrogens is 1. The number of nitrogens with zero attached hydrogens (tertiary/aromatic N) is 2. The van der Waals surface area contributed by atoms with Gasteiger partial charge in [-0.1, -0.05) is 0 Å². The lowest BCUT2D eigenvalue weighted by molar-refractivity contribution is 0.398. The minimum Gasteiger partial charge on any atom is -0.481 e. The molecule has 0 fully saturated rings. The van der Waals surface area contributed by atoms with Crippen LogP contribution in [0.3, 0.4) is 0 Å². The van der Waals surface area contributed by atoms with Gasteiger partial charge in [0.1, 0.15) is 0 Å². The number of rotatable bonds is 3. The normalized spacial score (nSPS) is 11.0. The molecule has 0 unspecified atom stereocenters. The van der Waals surface area contributed by atoms with Crippen LogP contribution in [0.4, 0.5) is 5.69 Å². The van der Waals surface area contributed by atoms with E-state index >= 15 is 0 Å². The Balaban J connectivity index is 2.67. The van der Waals surface area contributed by atoms with Gasteiger partial charge in [0.05, 0.1) is 19.0 Å². The van der Waals surface area contributed by atoms with Gasteiger partial charge >= 0.3 is 0 Å². The van der Waals surface area contributed by atoms with Gasteiger partial charge in [-0.3, -0.25) is 10.4 Å². The molecule has 15 heavy (non-hydrogen) atoms. The van der Waals surface area contributed by atoms with E-state index in [0.29, 0.717) is 18.4 Å². The molecule has 0 aromatic carbocycles. The molecular formula is C9H15N5O. The standard InChI is InChI=1S/C9H15N5O/c1-3-11-9(14-10)13-7-4-5-8(15-2)12-6-7/h4-6H,3,10H2,1-2H3,(H2,11,13,14). The fourth-order valence-corrected chi connectivity index (χ4v) is 0.991. The van der Waals surface area contributed by atoms with Crippen LogP contribution in [0.5, 0.6) is 5.88 Å². The summed E-state index contributed by atoms with van der Waals surface area (Å²) in [5.74, 6) is 6.34. The molecular weight excluding hydrogens is 194 g/mol. The van der Waals surface area contributed by atoms with Crippen molar-refractivity contribution in [3.8, 4) is 5.88 Å². The van der Waals surface area contributed by atoms with Crippen LogP contribution in [0.15, 0.2) is 23.3 Å². The number of nitrogens with two attached hydrogens (primary N) is 1. The Morgan fingerprint density at radius 1 is 1.60 bits per heavy atom. The van der Waals surface area contributed by atoms with Gasteiger partial charge in [0.15, 0.2) is 0 Å². The summed E-state index contributed by atoms with van der Waals surface area (Å²) in [6.07, 6.45) is 1.64. The van der Waals surface area contributed by atoms with Crippen LogP contribution in [0, 0.1) is 0 Å². The summed E-state index contributed by atoms with van der Waals surface area (Å²) in [4.78, 5) is 8.13. The Bertz CT molecular complexity index is 322. The molecule has 1 rings (SSSR count). The first kappa shape index (κ1) is 11.3. The molecule has 0 bridgehead atoms. The Hall–Kier alpha value is -1.82. The second kappa shape index (κ2) is 5.82. The number of hydrogen-bond donors (Lipinski definition) is 3. The highest BCUT2D eigenvalue weighted by atomic mass is 16.5.